The fraction of sp³-hybridized carbons (Fsp3) is 0.556. The molecule has 1 unspecified atom stereocenters. The lowest BCUT2D eigenvalue weighted by molar-refractivity contribution is 0.0979. The van der Waals surface area contributed by atoms with Gasteiger partial charge in [-0.2, -0.15) is 12.7 Å². The average Bonchev–Trinajstić information content (AvgIpc) is 3.39. The van der Waals surface area contributed by atoms with Gasteiger partial charge in [-0.15, -0.1) is 0 Å². The van der Waals surface area contributed by atoms with Crippen LogP contribution < -0.4 is 20.1 Å². The Hall–Kier alpha value is -2.76. The Kier molecular flexibility index (Phi) is 8.02. The first kappa shape index (κ1) is 28.3. The molecule has 2 aromatic rings. The summed E-state index contributed by atoms with van der Waals surface area (Å²) in [5, 5.41) is 0. The number of nitrogens with two attached hydrogens (primary N) is 1. The molecular weight excluding hydrogens is 509 g/mol. The van der Waals surface area contributed by atoms with Crippen LogP contribution in [0.25, 0.3) is 11.3 Å². The standard InChI is InChI=1S/C27H38FN5O4S/c1-17(2)16-37-22-13-19(12-20(28)14-22)24-7-6-23(25(30-24)33-11-8-18(3)27(33,4)5)26(34)31-38(35,36)32-10-9-21(29)15-32/h6-7,12-14,17-18,21H,8-11,15-16,29H2,1-5H3,(H,31,34)/t18?,21-/m0/s1. The number of carbonyl (C=O) groups is 1. The van der Waals surface area contributed by atoms with E-state index in [1.54, 1.807) is 18.2 Å². The van der Waals surface area contributed by atoms with Gasteiger partial charge in [0.05, 0.1) is 17.9 Å². The summed E-state index contributed by atoms with van der Waals surface area (Å²) >= 11 is 0. The van der Waals surface area contributed by atoms with Crippen LogP contribution in [0.4, 0.5) is 10.2 Å². The Labute approximate surface area is 224 Å². The van der Waals surface area contributed by atoms with Gasteiger partial charge in [-0.25, -0.2) is 14.1 Å². The number of aromatic nitrogens is 1. The van der Waals surface area contributed by atoms with E-state index in [2.05, 4.69) is 25.5 Å². The van der Waals surface area contributed by atoms with Crippen molar-refractivity contribution in [2.24, 2.45) is 17.6 Å². The molecule has 2 fully saturated rings. The molecule has 38 heavy (non-hydrogen) atoms. The predicted molar refractivity (Wildman–Crippen MR) is 146 cm³/mol. The minimum atomic E-state index is -4.07. The molecule has 208 valence electrons. The molecule has 0 radical (unpaired) electrons. The van der Waals surface area contributed by atoms with E-state index in [4.69, 9.17) is 15.5 Å². The molecule has 0 spiro atoms. The molecule has 2 saturated heterocycles. The predicted octanol–water partition coefficient (Wildman–Crippen LogP) is 3.55. The summed E-state index contributed by atoms with van der Waals surface area (Å²) in [6, 6.07) is 7.31. The van der Waals surface area contributed by atoms with Crippen LogP contribution in [-0.2, 0) is 10.2 Å². The van der Waals surface area contributed by atoms with E-state index < -0.39 is 21.9 Å². The lowest BCUT2D eigenvalue weighted by atomic mass is 9.90. The highest BCUT2D eigenvalue weighted by atomic mass is 32.2. The molecule has 3 heterocycles. The van der Waals surface area contributed by atoms with Gasteiger partial charge in [-0.1, -0.05) is 20.8 Å². The maximum absolute atomic E-state index is 14.5. The highest BCUT2D eigenvalue weighted by Crippen LogP contribution is 2.39. The molecule has 2 atom stereocenters. The van der Waals surface area contributed by atoms with Gasteiger partial charge in [-0.05, 0) is 62.8 Å². The molecule has 9 nitrogen and oxygen atoms in total. The first-order valence-electron chi connectivity index (χ1n) is 13.1. The van der Waals surface area contributed by atoms with Crippen molar-refractivity contribution in [2.45, 2.75) is 59.0 Å². The van der Waals surface area contributed by atoms with Gasteiger partial charge < -0.3 is 15.4 Å². The van der Waals surface area contributed by atoms with E-state index in [1.807, 2.05) is 18.7 Å². The molecule has 2 aliphatic rings. The third-order valence-corrected chi connectivity index (χ3v) is 9.02. The van der Waals surface area contributed by atoms with E-state index in [1.165, 1.54) is 16.4 Å². The lowest BCUT2D eigenvalue weighted by Gasteiger charge is -2.36. The van der Waals surface area contributed by atoms with Crippen LogP contribution >= 0.6 is 0 Å². The van der Waals surface area contributed by atoms with Crippen LogP contribution in [0.2, 0.25) is 0 Å². The second-order valence-electron chi connectivity index (χ2n) is 11.3. The lowest BCUT2D eigenvalue weighted by Crippen LogP contribution is -2.45. The van der Waals surface area contributed by atoms with E-state index in [-0.39, 0.29) is 36.2 Å². The summed E-state index contributed by atoms with van der Waals surface area (Å²) in [7, 11) is -4.07. The molecule has 4 rings (SSSR count). The molecule has 1 aromatic carbocycles. The van der Waals surface area contributed by atoms with Crippen molar-refractivity contribution in [3.63, 3.8) is 0 Å². The van der Waals surface area contributed by atoms with Gasteiger partial charge >= 0.3 is 10.2 Å². The number of nitrogens with one attached hydrogen (secondary N) is 1. The maximum atomic E-state index is 14.5. The molecule has 1 amide bonds. The molecular formula is C27H38FN5O4S. The van der Waals surface area contributed by atoms with Crippen LogP contribution in [-0.4, -0.2) is 61.4 Å². The van der Waals surface area contributed by atoms with Gasteiger partial charge in [-0.3, -0.25) is 4.79 Å². The Morgan fingerprint density at radius 1 is 1.24 bits per heavy atom. The number of benzene rings is 1. The Morgan fingerprint density at radius 2 is 1.97 bits per heavy atom. The quantitative estimate of drug-likeness (QED) is 0.519. The monoisotopic (exact) mass is 547 g/mol. The smallest absolute Gasteiger partial charge is 0.304 e. The highest BCUT2D eigenvalue weighted by molar-refractivity contribution is 7.87. The summed E-state index contributed by atoms with van der Waals surface area (Å²) in [5.41, 5.74) is 6.62. The molecule has 3 N–H and O–H groups in total. The van der Waals surface area contributed by atoms with Crippen molar-refractivity contribution in [3.8, 4) is 17.0 Å². The summed E-state index contributed by atoms with van der Waals surface area (Å²) in [6.45, 7) is 11.8. The first-order valence-corrected chi connectivity index (χ1v) is 14.5. The fourth-order valence-corrected chi connectivity index (χ4v) is 6.07. The number of hydrogen-bond donors (Lipinski definition) is 2. The Morgan fingerprint density at radius 3 is 2.58 bits per heavy atom. The van der Waals surface area contributed by atoms with Crippen molar-refractivity contribution >= 4 is 21.9 Å². The number of anilines is 1. The van der Waals surface area contributed by atoms with Crippen LogP contribution in [0.5, 0.6) is 5.75 Å². The number of nitrogens with zero attached hydrogens (tertiary/aromatic N) is 3. The summed E-state index contributed by atoms with van der Waals surface area (Å²) in [6.07, 6.45) is 1.42. The van der Waals surface area contributed by atoms with Crippen molar-refractivity contribution in [1.29, 1.82) is 0 Å². The maximum Gasteiger partial charge on any atom is 0.304 e. The molecule has 0 aliphatic carbocycles. The SMILES string of the molecule is CC(C)COc1cc(F)cc(-c2ccc(C(=O)NS(=O)(=O)N3CC[C@H](N)C3)c(N3CCC(C)C3(C)C)n2)c1. The Bertz CT molecular complexity index is 1300. The second kappa shape index (κ2) is 10.8. The van der Waals surface area contributed by atoms with Crippen molar-refractivity contribution in [2.75, 3.05) is 31.1 Å². The van der Waals surface area contributed by atoms with Crippen LogP contribution in [0, 0.1) is 17.7 Å². The van der Waals surface area contributed by atoms with E-state index in [0.29, 0.717) is 48.3 Å². The van der Waals surface area contributed by atoms with Gasteiger partial charge in [0.25, 0.3) is 5.91 Å². The molecule has 0 bridgehead atoms. The number of rotatable bonds is 8. The second-order valence-corrected chi connectivity index (χ2v) is 13.0. The molecule has 2 aliphatic heterocycles. The normalized spacial score (nSPS) is 21.7. The number of carbonyl (C=O) groups excluding carboxylic acids is 1. The summed E-state index contributed by atoms with van der Waals surface area (Å²) < 4.78 is 49.4. The zero-order valence-electron chi connectivity index (χ0n) is 22.7. The van der Waals surface area contributed by atoms with Crippen LogP contribution in [0.3, 0.4) is 0 Å². The van der Waals surface area contributed by atoms with E-state index in [0.717, 1.165) is 6.42 Å². The van der Waals surface area contributed by atoms with Gasteiger partial charge in [0, 0.05) is 42.8 Å². The summed E-state index contributed by atoms with van der Waals surface area (Å²) in [4.78, 5) is 20.2. The minimum absolute atomic E-state index is 0.135. The van der Waals surface area contributed by atoms with Crippen LogP contribution in [0.15, 0.2) is 30.3 Å². The number of pyridine rings is 1. The molecule has 11 heteroatoms. The number of ether oxygens (including phenoxy) is 1. The largest absolute Gasteiger partial charge is 0.493 e. The van der Waals surface area contributed by atoms with Crippen LogP contribution in [0.1, 0.15) is 57.8 Å². The van der Waals surface area contributed by atoms with Gasteiger partial charge in [0.15, 0.2) is 0 Å². The number of hydrogen-bond acceptors (Lipinski definition) is 7. The third-order valence-electron chi connectivity index (χ3n) is 7.56. The fourth-order valence-electron chi connectivity index (χ4n) is 4.87. The minimum Gasteiger partial charge on any atom is -0.493 e. The zero-order valence-corrected chi connectivity index (χ0v) is 23.5. The molecule has 1 aromatic heterocycles. The molecule has 0 saturated carbocycles. The van der Waals surface area contributed by atoms with E-state index >= 15 is 0 Å². The van der Waals surface area contributed by atoms with Crippen molar-refractivity contribution < 1.29 is 22.3 Å². The summed E-state index contributed by atoms with van der Waals surface area (Å²) in [5.74, 6) is 0.104. The number of halogens is 1. The average molecular weight is 548 g/mol. The highest BCUT2D eigenvalue weighted by Gasteiger charge is 2.41. The first-order chi connectivity index (χ1) is 17.8. The van der Waals surface area contributed by atoms with Crippen molar-refractivity contribution in [3.05, 3.63) is 41.7 Å². The van der Waals surface area contributed by atoms with Gasteiger partial charge in [0.1, 0.15) is 17.4 Å². The Balaban J connectivity index is 1.73. The number of amides is 1. The van der Waals surface area contributed by atoms with E-state index in [9.17, 15) is 17.6 Å². The van der Waals surface area contributed by atoms with Gasteiger partial charge in [0.2, 0.25) is 0 Å². The topological polar surface area (TPSA) is 118 Å². The third kappa shape index (κ3) is 5.94. The zero-order chi connectivity index (χ0) is 27.8. The van der Waals surface area contributed by atoms with Crippen molar-refractivity contribution in [1.82, 2.24) is 14.0 Å².